The molecule has 0 saturated carbocycles. The van der Waals surface area contributed by atoms with Gasteiger partial charge in [-0.1, -0.05) is 24.3 Å². The molecule has 4 heteroatoms. The first-order valence-electron chi connectivity index (χ1n) is 8.26. The standard InChI is InChI=1S/C21H17FN3/c22-17-8-9-19(20-7-3-4-10-23-20)21(12-17)25-14-18-11-15-5-1-2-6-16(15)13-24-18/h1-2,4-10,12,14,18,24H,11,13H2/t18-/m0/s1. The van der Waals surface area contributed by atoms with Gasteiger partial charge in [-0.3, -0.25) is 9.98 Å². The average molecular weight is 330 g/mol. The van der Waals surface area contributed by atoms with Gasteiger partial charge in [0.15, 0.2) is 0 Å². The Morgan fingerprint density at radius 1 is 1.20 bits per heavy atom. The van der Waals surface area contributed by atoms with E-state index in [4.69, 9.17) is 0 Å². The first kappa shape index (κ1) is 15.7. The first-order chi connectivity index (χ1) is 12.3. The molecule has 1 radical (unpaired) electrons. The highest BCUT2D eigenvalue weighted by Crippen LogP contribution is 2.29. The van der Waals surface area contributed by atoms with Crippen molar-refractivity contribution in [1.82, 2.24) is 10.3 Å². The van der Waals surface area contributed by atoms with Crippen LogP contribution in [0.3, 0.4) is 0 Å². The van der Waals surface area contributed by atoms with Crippen molar-refractivity contribution in [3.8, 4) is 11.3 Å². The molecule has 123 valence electrons. The van der Waals surface area contributed by atoms with Crippen molar-refractivity contribution in [2.75, 3.05) is 0 Å². The second-order valence-electron chi connectivity index (χ2n) is 6.04. The van der Waals surface area contributed by atoms with Crippen LogP contribution in [0.15, 0.2) is 65.8 Å². The number of hydrogen-bond donors (Lipinski definition) is 1. The van der Waals surface area contributed by atoms with E-state index in [1.807, 2.05) is 6.21 Å². The van der Waals surface area contributed by atoms with E-state index in [1.54, 1.807) is 24.4 Å². The fourth-order valence-corrected chi connectivity index (χ4v) is 3.06. The van der Waals surface area contributed by atoms with Crippen LogP contribution in [0.2, 0.25) is 0 Å². The van der Waals surface area contributed by atoms with Gasteiger partial charge in [0, 0.05) is 36.6 Å². The van der Waals surface area contributed by atoms with Gasteiger partial charge in [0.05, 0.1) is 11.4 Å². The van der Waals surface area contributed by atoms with Crippen molar-refractivity contribution in [2.45, 2.75) is 19.0 Å². The molecular formula is C21H17FN3. The molecule has 1 N–H and O–H groups in total. The highest BCUT2D eigenvalue weighted by Gasteiger charge is 2.16. The number of aliphatic imine (C=N–C) groups is 1. The zero-order valence-electron chi connectivity index (χ0n) is 13.6. The SMILES string of the molecule is Fc1ccc(-c2c[c]ccn2)c(N=C[C@@H]2Cc3ccccc3CN2)c1. The van der Waals surface area contributed by atoms with Crippen LogP contribution in [-0.4, -0.2) is 17.2 Å². The Balaban J connectivity index is 1.61. The van der Waals surface area contributed by atoms with Gasteiger partial charge in [-0.2, -0.15) is 0 Å². The van der Waals surface area contributed by atoms with Crippen molar-refractivity contribution >= 4 is 11.9 Å². The Morgan fingerprint density at radius 3 is 2.92 bits per heavy atom. The summed E-state index contributed by atoms with van der Waals surface area (Å²) < 4.78 is 13.7. The lowest BCUT2D eigenvalue weighted by Crippen LogP contribution is -2.36. The topological polar surface area (TPSA) is 37.3 Å². The number of aromatic nitrogens is 1. The molecule has 25 heavy (non-hydrogen) atoms. The summed E-state index contributed by atoms with van der Waals surface area (Å²) >= 11 is 0. The zero-order chi connectivity index (χ0) is 17.1. The molecule has 1 aliphatic heterocycles. The summed E-state index contributed by atoms with van der Waals surface area (Å²) in [6, 6.07) is 19.6. The van der Waals surface area contributed by atoms with E-state index in [0.717, 1.165) is 24.2 Å². The highest BCUT2D eigenvalue weighted by atomic mass is 19.1. The number of rotatable bonds is 3. The minimum absolute atomic E-state index is 0.126. The molecule has 1 atom stereocenters. The fourth-order valence-electron chi connectivity index (χ4n) is 3.06. The Bertz CT molecular complexity index is 906. The van der Waals surface area contributed by atoms with E-state index < -0.39 is 0 Å². The molecule has 1 aliphatic rings. The van der Waals surface area contributed by atoms with Gasteiger partial charge in [-0.05, 0) is 47.9 Å². The maximum Gasteiger partial charge on any atom is 0.125 e. The predicted molar refractivity (Wildman–Crippen MR) is 97.4 cm³/mol. The van der Waals surface area contributed by atoms with E-state index in [-0.39, 0.29) is 11.9 Å². The molecule has 0 bridgehead atoms. The van der Waals surface area contributed by atoms with Crippen LogP contribution < -0.4 is 5.32 Å². The van der Waals surface area contributed by atoms with Crippen molar-refractivity contribution in [3.05, 3.63) is 83.8 Å². The Labute approximate surface area is 146 Å². The van der Waals surface area contributed by atoms with Gasteiger partial charge in [0.1, 0.15) is 5.82 Å². The zero-order valence-corrected chi connectivity index (χ0v) is 13.6. The summed E-state index contributed by atoms with van der Waals surface area (Å²) in [7, 11) is 0. The fraction of sp³-hybridized carbons (Fsp3) is 0.143. The van der Waals surface area contributed by atoms with E-state index >= 15 is 0 Å². The molecule has 0 amide bonds. The van der Waals surface area contributed by atoms with Crippen LogP contribution in [0.5, 0.6) is 0 Å². The summed E-state index contributed by atoms with van der Waals surface area (Å²) in [5.74, 6) is -0.308. The highest BCUT2D eigenvalue weighted by molar-refractivity contribution is 5.78. The third kappa shape index (κ3) is 3.49. The predicted octanol–water partition coefficient (Wildman–Crippen LogP) is 4.10. The number of benzene rings is 2. The third-order valence-corrected chi connectivity index (χ3v) is 4.35. The summed E-state index contributed by atoms with van der Waals surface area (Å²) in [5.41, 5.74) is 4.76. The molecule has 0 spiro atoms. The maximum atomic E-state index is 13.7. The van der Waals surface area contributed by atoms with E-state index in [2.05, 4.69) is 45.6 Å². The van der Waals surface area contributed by atoms with E-state index in [9.17, 15) is 4.39 Å². The molecule has 0 saturated heterocycles. The third-order valence-electron chi connectivity index (χ3n) is 4.35. The Kier molecular flexibility index (Phi) is 4.36. The molecule has 1 aromatic heterocycles. The van der Waals surface area contributed by atoms with Gasteiger partial charge in [-0.25, -0.2) is 4.39 Å². The monoisotopic (exact) mass is 330 g/mol. The van der Waals surface area contributed by atoms with E-state index in [0.29, 0.717) is 5.69 Å². The van der Waals surface area contributed by atoms with Crippen molar-refractivity contribution < 1.29 is 4.39 Å². The van der Waals surface area contributed by atoms with Crippen molar-refractivity contribution in [1.29, 1.82) is 0 Å². The van der Waals surface area contributed by atoms with E-state index in [1.165, 1.54) is 23.3 Å². The van der Waals surface area contributed by atoms with Crippen molar-refractivity contribution in [3.63, 3.8) is 0 Å². The number of nitrogens with zero attached hydrogens (tertiary/aromatic N) is 2. The second kappa shape index (κ2) is 6.95. The minimum atomic E-state index is -0.308. The number of fused-ring (bicyclic) bond motifs is 1. The van der Waals surface area contributed by atoms with Gasteiger partial charge >= 0.3 is 0 Å². The minimum Gasteiger partial charge on any atom is -0.305 e. The number of halogens is 1. The largest absolute Gasteiger partial charge is 0.305 e. The molecule has 0 fully saturated rings. The summed E-state index contributed by atoms with van der Waals surface area (Å²) in [6.07, 6.45) is 4.41. The first-order valence-corrected chi connectivity index (χ1v) is 8.26. The van der Waals surface area contributed by atoms with Crippen LogP contribution in [0, 0.1) is 11.9 Å². The van der Waals surface area contributed by atoms with Gasteiger partial charge in [-0.15, -0.1) is 0 Å². The molecular weight excluding hydrogens is 313 g/mol. The van der Waals surface area contributed by atoms with Crippen LogP contribution >= 0.6 is 0 Å². The van der Waals surface area contributed by atoms with Crippen molar-refractivity contribution in [2.24, 2.45) is 4.99 Å². The van der Waals surface area contributed by atoms with Crippen LogP contribution in [-0.2, 0) is 13.0 Å². The van der Waals surface area contributed by atoms with Gasteiger partial charge in [0.25, 0.3) is 0 Å². The second-order valence-corrected chi connectivity index (χ2v) is 6.04. The van der Waals surface area contributed by atoms with Crippen LogP contribution in [0.25, 0.3) is 11.3 Å². The van der Waals surface area contributed by atoms with Crippen LogP contribution in [0.1, 0.15) is 11.1 Å². The quantitative estimate of drug-likeness (QED) is 0.734. The lowest BCUT2D eigenvalue weighted by molar-refractivity contribution is 0.584. The smallest absolute Gasteiger partial charge is 0.125 e. The lowest BCUT2D eigenvalue weighted by Gasteiger charge is -2.23. The van der Waals surface area contributed by atoms with Gasteiger partial charge in [0.2, 0.25) is 0 Å². The summed E-state index contributed by atoms with van der Waals surface area (Å²) in [4.78, 5) is 8.88. The molecule has 3 aromatic rings. The lowest BCUT2D eigenvalue weighted by atomic mass is 9.96. The Morgan fingerprint density at radius 2 is 2.08 bits per heavy atom. The molecule has 0 aliphatic carbocycles. The normalized spacial score (nSPS) is 16.8. The maximum absolute atomic E-state index is 13.7. The molecule has 2 heterocycles. The number of pyridine rings is 1. The number of nitrogens with one attached hydrogen (secondary N) is 1. The molecule has 0 unspecified atom stereocenters. The summed E-state index contributed by atoms with van der Waals surface area (Å²) in [6.45, 7) is 0.818. The molecule has 4 rings (SSSR count). The Hall–Kier alpha value is -2.85. The van der Waals surface area contributed by atoms with Crippen LogP contribution in [0.4, 0.5) is 10.1 Å². The number of hydrogen-bond acceptors (Lipinski definition) is 3. The van der Waals surface area contributed by atoms with Gasteiger partial charge < -0.3 is 5.32 Å². The average Bonchev–Trinajstić information content (AvgIpc) is 2.67. The summed E-state index contributed by atoms with van der Waals surface area (Å²) in [5, 5.41) is 3.45. The molecule has 3 nitrogen and oxygen atoms in total. The molecule has 2 aromatic carbocycles.